The van der Waals surface area contributed by atoms with Crippen molar-refractivity contribution in [1.29, 1.82) is 0 Å². The van der Waals surface area contributed by atoms with Crippen molar-refractivity contribution in [3.05, 3.63) is 19.8 Å². The molecule has 0 aliphatic carbocycles. The highest BCUT2D eigenvalue weighted by Crippen LogP contribution is 2.38. The van der Waals surface area contributed by atoms with Gasteiger partial charge in [0, 0.05) is 9.35 Å². The van der Waals surface area contributed by atoms with Gasteiger partial charge in [-0.3, -0.25) is 4.79 Å². The molecule has 16 heavy (non-hydrogen) atoms. The standard InChI is InChI=1S/C10H12BrClO3S/c1-2-3-5(10(14)15)8(13)7-4-6(11)9(12)16-7/h4-5,8,13H,2-3H2,1H3,(H,14,15). The predicted molar refractivity (Wildman–Crippen MR) is 68.0 cm³/mol. The van der Waals surface area contributed by atoms with E-state index in [9.17, 15) is 9.90 Å². The Morgan fingerprint density at radius 2 is 2.31 bits per heavy atom. The number of rotatable bonds is 5. The second-order valence-electron chi connectivity index (χ2n) is 3.45. The third-order valence-electron chi connectivity index (χ3n) is 2.25. The zero-order chi connectivity index (χ0) is 12.3. The zero-order valence-corrected chi connectivity index (χ0v) is 11.8. The third kappa shape index (κ3) is 3.20. The molecule has 0 aliphatic heterocycles. The van der Waals surface area contributed by atoms with Crippen molar-refractivity contribution in [3.63, 3.8) is 0 Å². The number of aliphatic hydroxyl groups is 1. The topological polar surface area (TPSA) is 57.5 Å². The minimum absolute atomic E-state index is 0.448. The Kier molecular flexibility index (Phi) is 5.24. The van der Waals surface area contributed by atoms with Crippen LogP contribution in [-0.2, 0) is 4.79 Å². The van der Waals surface area contributed by atoms with Crippen LogP contribution in [0.5, 0.6) is 0 Å². The molecule has 1 aromatic rings. The lowest BCUT2D eigenvalue weighted by Crippen LogP contribution is -2.21. The highest BCUT2D eigenvalue weighted by atomic mass is 79.9. The van der Waals surface area contributed by atoms with E-state index in [-0.39, 0.29) is 0 Å². The Labute approximate surface area is 111 Å². The van der Waals surface area contributed by atoms with Gasteiger partial charge >= 0.3 is 5.97 Å². The molecule has 1 heterocycles. The minimum atomic E-state index is -0.994. The van der Waals surface area contributed by atoms with Gasteiger partial charge < -0.3 is 10.2 Å². The van der Waals surface area contributed by atoms with Gasteiger partial charge in [-0.25, -0.2) is 0 Å². The van der Waals surface area contributed by atoms with Gasteiger partial charge in [-0.2, -0.15) is 0 Å². The number of aliphatic carboxylic acids is 1. The average molecular weight is 328 g/mol. The van der Waals surface area contributed by atoms with E-state index in [0.717, 1.165) is 0 Å². The van der Waals surface area contributed by atoms with Crippen LogP contribution in [0.2, 0.25) is 4.34 Å². The second-order valence-corrected chi connectivity index (χ2v) is 5.99. The van der Waals surface area contributed by atoms with Crippen molar-refractivity contribution in [2.45, 2.75) is 25.9 Å². The molecule has 0 radical (unpaired) electrons. The molecule has 2 N–H and O–H groups in total. The van der Waals surface area contributed by atoms with Crippen molar-refractivity contribution in [3.8, 4) is 0 Å². The Bertz CT molecular complexity index is 361. The monoisotopic (exact) mass is 326 g/mol. The predicted octanol–water partition coefficient (Wildman–Crippen LogP) is 3.70. The highest BCUT2D eigenvalue weighted by Gasteiger charge is 2.28. The molecular weight excluding hydrogens is 316 g/mol. The molecule has 0 fully saturated rings. The first-order valence-electron chi connectivity index (χ1n) is 4.83. The van der Waals surface area contributed by atoms with Gasteiger partial charge in [0.1, 0.15) is 10.4 Å². The number of thiophene rings is 1. The molecule has 2 atom stereocenters. The molecule has 6 heteroatoms. The molecule has 0 saturated carbocycles. The van der Waals surface area contributed by atoms with Crippen molar-refractivity contribution in [1.82, 2.24) is 0 Å². The van der Waals surface area contributed by atoms with E-state index in [2.05, 4.69) is 15.9 Å². The summed E-state index contributed by atoms with van der Waals surface area (Å²) < 4.78 is 1.21. The maximum atomic E-state index is 11.0. The van der Waals surface area contributed by atoms with E-state index in [1.807, 2.05) is 6.92 Å². The molecule has 0 aliphatic rings. The van der Waals surface area contributed by atoms with Crippen LogP contribution >= 0.6 is 38.9 Å². The number of halogens is 2. The summed E-state index contributed by atoms with van der Waals surface area (Å²) in [6, 6.07) is 1.67. The number of aliphatic hydroxyl groups excluding tert-OH is 1. The summed E-state index contributed by atoms with van der Waals surface area (Å²) in [6.07, 6.45) is 0.170. The van der Waals surface area contributed by atoms with Gasteiger partial charge in [0.25, 0.3) is 0 Å². The van der Waals surface area contributed by atoms with E-state index in [4.69, 9.17) is 16.7 Å². The molecule has 0 spiro atoms. The summed E-state index contributed by atoms with van der Waals surface area (Å²) in [6.45, 7) is 1.89. The summed E-state index contributed by atoms with van der Waals surface area (Å²) in [4.78, 5) is 11.6. The van der Waals surface area contributed by atoms with Crippen molar-refractivity contribution in [2.24, 2.45) is 5.92 Å². The Hall–Kier alpha value is -0.100. The van der Waals surface area contributed by atoms with Crippen LogP contribution in [0.4, 0.5) is 0 Å². The lowest BCUT2D eigenvalue weighted by molar-refractivity contribution is -0.146. The molecule has 0 amide bonds. The van der Waals surface area contributed by atoms with E-state index in [1.54, 1.807) is 6.07 Å². The van der Waals surface area contributed by atoms with Crippen molar-refractivity contribution < 1.29 is 15.0 Å². The van der Waals surface area contributed by atoms with Gasteiger partial charge in [-0.15, -0.1) is 11.3 Å². The Morgan fingerprint density at radius 3 is 2.69 bits per heavy atom. The Morgan fingerprint density at radius 1 is 1.69 bits per heavy atom. The van der Waals surface area contributed by atoms with Gasteiger partial charge in [0.2, 0.25) is 0 Å². The summed E-state index contributed by atoms with van der Waals surface area (Å²) in [7, 11) is 0. The van der Waals surface area contributed by atoms with Crippen LogP contribution in [0.3, 0.4) is 0 Å². The molecule has 1 aromatic heterocycles. The van der Waals surface area contributed by atoms with Crippen LogP contribution in [0, 0.1) is 5.92 Å². The van der Waals surface area contributed by atoms with Gasteiger partial charge in [0.05, 0.1) is 5.92 Å². The third-order valence-corrected chi connectivity index (χ3v) is 4.80. The molecular formula is C10H12BrClO3S. The van der Waals surface area contributed by atoms with Gasteiger partial charge in [-0.05, 0) is 28.4 Å². The summed E-state index contributed by atoms with van der Waals surface area (Å²) in [5.41, 5.74) is 0. The van der Waals surface area contributed by atoms with Crippen molar-refractivity contribution in [2.75, 3.05) is 0 Å². The van der Waals surface area contributed by atoms with E-state index in [0.29, 0.717) is 26.5 Å². The smallest absolute Gasteiger partial charge is 0.309 e. The summed E-state index contributed by atoms with van der Waals surface area (Å²) in [5, 5.41) is 19.0. The number of carboxylic acids is 1. The van der Waals surface area contributed by atoms with Crippen molar-refractivity contribution >= 4 is 44.8 Å². The van der Waals surface area contributed by atoms with Crippen LogP contribution in [-0.4, -0.2) is 16.2 Å². The maximum Gasteiger partial charge on any atom is 0.309 e. The molecule has 2 unspecified atom stereocenters. The van der Waals surface area contributed by atoms with Crippen LogP contribution < -0.4 is 0 Å². The Balaban J connectivity index is 2.89. The fourth-order valence-electron chi connectivity index (χ4n) is 1.43. The first kappa shape index (κ1) is 14.0. The lowest BCUT2D eigenvalue weighted by atomic mass is 9.96. The molecule has 0 bridgehead atoms. The maximum absolute atomic E-state index is 11.0. The molecule has 0 saturated heterocycles. The normalized spacial score (nSPS) is 14.8. The fraction of sp³-hybridized carbons (Fsp3) is 0.500. The quantitative estimate of drug-likeness (QED) is 0.867. The van der Waals surface area contributed by atoms with Crippen LogP contribution in [0.25, 0.3) is 0 Å². The van der Waals surface area contributed by atoms with Crippen LogP contribution in [0.15, 0.2) is 10.5 Å². The number of hydrogen-bond acceptors (Lipinski definition) is 3. The SMILES string of the molecule is CCCC(C(=O)O)C(O)c1cc(Br)c(Cl)s1. The average Bonchev–Trinajstić information content (AvgIpc) is 2.54. The minimum Gasteiger partial charge on any atom is -0.481 e. The summed E-state index contributed by atoms with van der Waals surface area (Å²) in [5.74, 6) is -1.75. The van der Waals surface area contributed by atoms with Gasteiger partial charge in [0.15, 0.2) is 0 Å². The number of carbonyl (C=O) groups is 1. The second kappa shape index (κ2) is 6.00. The fourth-order valence-corrected chi connectivity index (χ4v) is 3.22. The molecule has 3 nitrogen and oxygen atoms in total. The van der Waals surface area contributed by atoms with Gasteiger partial charge in [-0.1, -0.05) is 24.9 Å². The number of carboxylic acid groups (broad SMARTS) is 1. The molecule has 0 aromatic carbocycles. The first-order chi connectivity index (χ1) is 7.47. The summed E-state index contributed by atoms with van der Waals surface area (Å²) >= 11 is 10.3. The first-order valence-corrected chi connectivity index (χ1v) is 6.81. The largest absolute Gasteiger partial charge is 0.481 e. The van der Waals surface area contributed by atoms with E-state index >= 15 is 0 Å². The van der Waals surface area contributed by atoms with Crippen LogP contribution in [0.1, 0.15) is 30.7 Å². The molecule has 1 rings (SSSR count). The van der Waals surface area contributed by atoms with E-state index < -0.39 is 18.0 Å². The highest BCUT2D eigenvalue weighted by molar-refractivity contribution is 9.10. The molecule has 90 valence electrons. The number of hydrogen-bond donors (Lipinski definition) is 2. The lowest BCUT2D eigenvalue weighted by Gasteiger charge is -2.16. The van der Waals surface area contributed by atoms with E-state index in [1.165, 1.54) is 11.3 Å². The zero-order valence-electron chi connectivity index (χ0n) is 8.61.